The van der Waals surface area contributed by atoms with Gasteiger partial charge in [0.1, 0.15) is 12.0 Å². The molecule has 0 amide bonds. The number of hydrogen-bond donors (Lipinski definition) is 0. The Morgan fingerprint density at radius 1 is 0.897 bits per heavy atom. The van der Waals surface area contributed by atoms with Gasteiger partial charge in [0.25, 0.3) is 0 Å². The molecule has 0 radical (unpaired) electrons. The van der Waals surface area contributed by atoms with E-state index >= 15 is 0 Å². The predicted octanol–water partition coefficient (Wildman–Crippen LogP) is 4.01. The fraction of sp³-hybridized carbons (Fsp3) is 0.174. The van der Waals surface area contributed by atoms with Crippen LogP contribution in [0.3, 0.4) is 0 Å². The van der Waals surface area contributed by atoms with Crippen molar-refractivity contribution in [2.75, 3.05) is 13.2 Å². The zero-order chi connectivity index (χ0) is 20.1. The second-order valence-electron chi connectivity index (χ2n) is 6.11. The molecule has 6 nitrogen and oxygen atoms in total. The van der Waals surface area contributed by atoms with Gasteiger partial charge in [0, 0.05) is 29.5 Å². The lowest BCUT2D eigenvalue weighted by Crippen LogP contribution is -2.00. The largest absolute Gasteiger partial charge is 0.490 e. The van der Waals surface area contributed by atoms with Crippen molar-refractivity contribution < 1.29 is 9.47 Å². The van der Waals surface area contributed by atoms with Crippen molar-refractivity contribution in [1.29, 1.82) is 0 Å². The first-order valence-corrected chi connectivity index (χ1v) is 9.45. The maximum absolute atomic E-state index is 5.73. The lowest BCUT2D eigenvalue weighted by Gasteiger charge is -2.12. The minimum Gasteiger partial charge on any atom is -0.490 e. The van der Waals surface area contributed by atoms with Crippen molar-refractivity contribution in [2.45, 2.75) is 13.8 Å². The standard InChI is InChI=1S/C23H20N4O2/c1-3-28-21-14-18-19(25-16-26-20(18)15-22(21)29-4-2)10-11-23-24-12-13-27(23)17-8-6-5-7-9-17/h5-9,12-16H,3-4H2,1-2H3. The Hall–Kier alpha value is -3.85. The number of ether oxygens (including phenoxy) is 2. The number of rotatable bonds is 5. The number of para-hydroxylation sites is 1. The molecule has 0 aliphatic carbocycles. The summed E-state index contributed by atoms with van der Waals surface area (Å²) in [5.74, 6) is 8.23. The van der Waals surface area contributed by atoms with E-state index in [4.69, 9.17) is 9.47 Å². The molecule has 4 rings (SSSR count). The van der Waals surface area contributed by atoms with E-state index < -0.39 is 0 Å². The van der Waals surface area contributed by atoms with E-state index in [1.807, 2.05) is 67.1 Å². The molecular weight excluding hydrogens is 364 g/mol. The lowest BCUT2D eigenvalue weighted by atomic mass is 10.1. The summed E-state index contributed by atoms with van der Waals surface area (Å²) >= 11 is 0. The minimum atomic E-state index is 0.537. The van der Waals surface area contributed by atoms with E-state index in [0.29, 0.717) is 36.2 Å². The first kappa shape index (κ1) is 18.5. The molecule has 2 aromatic heterocycles. The average molecular weight is 384 g/mol. The van der Waals surface area contributed by atoms with Gasteiger partial charge in [-0.1, -0.05) is 18.2 Å². The molecule has 4 aromatic rings. The summed E-state index contributed by atoms with van der Waals surface area (Å²) < 4.78 is 13.4. The third kappa shape index (κ3) is 3.90. The number of aromatic nitrogens is 4. The van der Waals surface area contributed by atoms with E-state index in [-0.39, 0.29) is 0 Å². The van der Waals surface area contributed by atoms with Crippen molar-refractivity contribution in [3.63, 3.8) is 0 Å². The molecule has 6 heteroatoms. The van der Waals surface area contributed by atoms with E-state index in [9.17, 15) is 0 Å². The molecule has 0 N–H and O–H groups in total. The van der Waals surface area contributed by atoms with Crippen LogP contribution in [0.4, 0.5) is 0 Å². The third-order valence-corrected chi connectivity index (χ3v) is 4.27. The molecule has 0 aliphatic heterocycles. The SMILES string of the molecule is CCOc1cc2ncnc(C#Cc3nccn3-c3ccccc3)c2cc1OCC. The second kappa shape index (κ2) is 8.44. The van der Waals surface area contributed by atoms with Gasteiger partial charge in [-0.05, 0) is 43.9 Å². The number of nitrogens with zero attached hydrogens (tertiary/aromatic N) is 4. The van der Waals surface area contributed by atoms with E-state index in [1.165, 1.54) is 6.33 Å². The van der Waals surface area contributed by atoms with E-state index in [0.717, 1.165) is 16.6 Å². The van der Waals surface area contributed by atoms with Crippen LogP contribution in [-0.4, -0.2) is 32.7 Å². The number of benzene rings is 2. The van der Waals surface area contributed by atoms with Gasteiger partial charge >= 0.3 is 0 Å². The van der Waals surface area contributed by atoms with E-state index in [1.54, 1.807) is 6.20 Å². The van der Waals surface area contributed by atoms with Crippen molar-refractivity contribution in [1.82, 2.24) is 19.5 Å². The second-order valence-corrected chi connectivity index (χ2v) is 6.11. The Morgan fingerprint density at radius 2 is 1.66 bits per heavy atom. The Balaban J connectivity index is 1.77. The normalized spacial score (nSPS) is 10.4. The Kier molecular flexibility index (Phi) is 5.39. The van der Waals surface area contributed by atoms with Crippen LogP contribution >= 0.6 is 0 Å². The molecule has 2 aromatic carbocycles. The average Bonchev–Trinajstić information content (AvgIpc) is 3.22. The first-order chi connectivity index (χ1) is 14.3. The smallest absolute Gasteiger partial charge is 0.190 e. The van der Waals surface area contributed by atoms with Crippen LogP contribution in [-0.2, 0) is 0 Å². The summed E-state index contributed by atoms with van der Waals surface area (Å²) in [6.45, 7) is 4.96. The highest BCUT2D eigenvalue weighted by Crippen LogP contribution is 2.32. The molecule has 0 spiro atoms. The lowest BCUT2D eigenvalue weighted by molar-refractivity contribution is 0.288. The molecular formula is C23H20N4O2. The van der Waals surface area contributed by atoms with Crippen LogP contribution in [0, 0.1) is 11.8 Å². The number of fused-ring (bicyclic) bond motifs is 1. The highest BCUT2D eigenvalue weighted by molar-refractivity contribution is 5.86. The van der Waals surface area contributed by atoms with Crippen LogP contribution in [0.5, 0.6) is 11.5 Å². The zero-order valence-electron chi connectivity index (χ0n) is 16.3. The molecule has 0 unspecified atom stereocenters. The minimum absolute atomic E-state index is 0.537. The summed E-state index contributed by atoms with van der Waals surface area (Å²) in [4.78, 5) is 13.1. The van der Waals surface area contributed by atoms with Crippen molar-refractivity contribution in [3.8, 4) is 29.0 Å². The topological polar surface area (TPSA) is 62.1 Å². The van der Waals surface area contributed by atoms with Crippen molar-refractivity contribution in [2.24, 2.45) is 0 Å². The van der Waals surface area contributed by atoms with Crippen LogP contribution in [0.2, 0.25) is 0 Å². The van der Waals surface area contributed by atoms with Gasteiger partial charge in [-0.3, -0.25) is 4.57 Å². The predicted molar refractivity (Wildman–Crippen MR) is 111 cm³/mol. The van der Waals surface area contributed by atoms with Crippen LogP contribution < -0.4 is 9.47 Å². The third-order valence-electron chi connectivity index (χ3n) is 4.27. The van der Waals surface area contributed by atoms with Gasteiger partial charge in [0.05, 0.1) is 18.7 Å². The molecule has 0 saturated carbocycles. The summed E-state index contributed by atoms with van der Waals surface area (Å²) in [5.41, 5.74) is 2.37. The summed E-state index contributed by atoms with van der Waals surface area (Å²) in [7, 11) is 0. The van der Waals surface area contributed by atoms with Gasteiger partial charge < -0.3 is 9.47 Å². The quantitative estimate of drug-likeness (QED) is 0.487. The summed E-state index contributed by atoms with van der Waals surface area (Å²) in [6, 6.07) is 13.7. The molecule has 29 heavy (non-hydrogen) atoms. The number of imidazole rings is 1. The van der Waals surface area contributed by atoms with Gasteiger partial charge in [-0.25, -0.2) is 15.0 Å². The fourth-order valence-electron chi connectivity index (χ4n) is 3.01. The summed E-state index contributed by atoms with van der Waals surface area (Å²) in [5, 5.41) is 0.810. The van der Waals surface area contributed by atoms with Crippen LogP contribution in [0.25, 0.3) is 16.6 Å². The summed E-state index contributed by atoms with van der Waals surface area (Å²) in [6.07, 6.45) is 5.13. The molecule has 0 aliphatic rings. The van der Waals surface area contributed by atoms with Gasteiger partial charge in [0.15, 0.2) is 17.3 Å². The van der Waals surface area contributed by atoms with Gasteiger partial charge in [0.2, 0.25) is 0 Å². The maximum atomic E-state index is 5.73. The fourth-order valence-corrected chi connectivity index (χ4v) is 3.01. The number of hydrogen-bond acceptors (Lipinski definition) is 5. The highest BCUT2D eigenvalue weighted by atomic mass is 16.5. The van der Waals surface area contributed by atoms with Crippen LogP contribution in [0.1, 0.15) is 25.4 Å². The highest BCUT2D eigenvalue weighted by Gasteiger charge is 2.11. The van der Waals surface area contributed by atoms with E-state index in [2.05, 4.69) is 26.8 Å². The zero-order valence-corrected chi connectivity index (χ0v) is 16.3. The molecule has 2 heterocycles. The van der Waals surface area contributed by atoms with Gasteiger partial charge in [-0.2, -0.15) is 0 Å². The van der Waals surface area contributed by atoms with Gasteiger partial charge in [-0.15, -0.1) is 0 Å². The molecule has 144 valence electrons. The molecule has 0 atom stereocenters. The maximum Gasteiger partial charge on any atom is 0.190 e. The Labute approximate surface area is 169 Å². The molecule has 0 bridgehead atoms. The Morgan fingerprint density at radius 3 is 2.41 bits per heavy atom. The molecule has 0 fully saturated rings. The van der Waals surface area contributed by atoms with Crippen molar-refractivity contribution in [3.05, 3.63) is 72.7 Å². The first-order valence-electron chi connectivity index (χ1n) is 9.45. The monoisotopic (exact) mass is 384 g/mol. The van der Waals surface area contributed by atoms with Crippen molar-refractivity contribution >= 4 is 10.9 Å². The Bertz CT molecular complexity index is 1190. The molecule has 0 saturated heterocycles. The van der Waals surface area contributed by atoms with Crippen LogP contribution in [0.15, 0.2) is 61.2 Å².